The smallest absolute Gasteiger partial charge is 0.312 e. The molecule has 0 N–H and O–H groups in total. The van der Waals surface area contributed by atoms with E-state index in [-0.39, 0.29) is 0 Å². The minimum absolute atomic E-state index is 0.779. The van der Waals surface area contributed by atoms with E-state index < -0.39 is 34.5 Å². The first-order valence-electron chi connectivity index (χ1n) is 7.98. The van der Waals surface area contributed by atoms with Gasteiger partial charge in [0.15, 0.2) is 16.6 Å². The van der Waals surface area contributed by atoms with Gasteiger partial charge in [0.2, 0.25) is 0 Å². The molecule has 0 aliphatic carbocycles. The molecule has 0 aromatic rings. The van der Waals surface area contributed by atoms with Gasteiger partial charge >= 0.3 is 17.8 Å². The summed E-state index contributed by atoms with van der Waals surface area (Å²) < 4.78 is 24.5. The minimum Gasteiger partial charge on any atom is -0.439 e. The summed E-state index contributed by atoms with van der Waals surface area (Å²) in [5.41, 5.74) is 0. The van der Waals surface area contributed by atoms with Crippen LogP contribution in [0.5, 0.6) is 0 Å². The van der Waals surface area contributed by atoms with E-state index in [1.165, 1.54) is 0 Å². The average molecular weight is 369 g/mol. The summed E-state index contributed by atoms with van der Waals surface area (Å²) in [6.45, 7) is 21.3. The molecule has 1 atom stereocenters. The van der Waals surface area contributed by atoms with Gasteiger partial charge in [0.1, 0.15) is 0 Å². The van der Waals surface area contributed by atoms with Crippen LogP contribution in [0.1, 0.15) is 13.3 Å². The molecule has 0 fully saturated rings. The Morgan fingerprint density at radius 3 is 1.81 bits per heavy atom. The first kappa shape index (κ1) is 21.7. The van der Waals surface area contributed by atoms with E-state index in [4.69, 9.17) is 17.1 Å². The van der Waals surface area contributed by atoms with Crippen molar-refractivity contribution in [3.05, 3.63) is 0 Å². The zero-order valence-corrected chi connectivity index (χ0v) is 19.7. The fraction of sp³-hybridized carbons (Fsp3) is 1.00. The first-order valence-corrected chi connectivity index (χ1v) is 19.4. The molecular formula is C13H36O4Si4. The SMILES string of the molecule is CCOCCC[SiH](O[Si](C)(C)C)O[Si](C)(C)O[Si](C)(C)C. The molecule has 0 spiro atoms. The molecule has 0 amide bonds. The van der Waals surface area contributed by atoms with Crippen molar-refractivity contribution in [2.75, 3.05) is 13.2 Å². The predicted molar refractivity (Wildman–Crippen MR) is 100 cm³/mol. The zero-order chi connectivity index (χ0) is 16.7. The van der Waals surface area contributed by atoms with Gasteiger partial charge < -0.3 is 17.1 Å². The Labute approximate surface area is 136 Å². The number of ether oxygens (including phenoxy) is 1. The second kappa shape index (κ2) is 9.11. The molecule has 0 saturated heterocycles. The average Bonchev–Trinajstić information content (AvgIpc) is 2.17. The first-order chi connectivity index (χ1) is 9.35. The Kier molecular flexibility index (Phi) is 9.42. The van der Waals surface area contributed by atoms with E-state index in [0.717, 1.165) is 25.7 Å². The van der Waals surface area contributed by atoms with Gasteiger partial charge in [-0.2, -0.15) is 0 Å². The van der Waals surface area contributed by atoms with Gasteiger partial charge in [0, 0.05) is 13.2 Å². The lowest BCUT2D eigenvalue weighted by Gasteiger charge is -2.35. The maximum Gasteiger partial charge on any atom is 0.312 e. The molecule has 21 heavy (non-hydrogen) atoms. The van der Waals surface area contributed by atoms with Crippen molar-refractivity contribution in [2.24, 2.45) is 0 Å². The quantitative estimate of drug-likeness (QED) is 0.407. The Bertz CT molecular complexity index is 287. The van der Waals surface area contributed by atoms with Gasteiger partial charge in [-0.05, 0) is 71.8 Å². The second-order valence-electron chi connectivity index (χ2n) is 7.73. The molecule has 0 aromatic carbocycles. The van der Waals surface area contributed by atoms with E-state index >= 15 is 0 Å². The molecule has 0 saturated carbocycles. The van der Waals surface area contributed by atoms with Crippen molar-refractivity contribution < 1.29 is 17.1 Å². The molecule has 0 aliphatic rings. The third-order valence-corrected chi connectivity index (χ3v) is 14.9. The van der Waals surface area contributed by atoms with Gasteiger partial charge in [-0.3, -0.25) is 0 Å². The molecule has 0 heterocycles. The molecular weight excluding hydrogens is 332 g/mol. The Morgan fingerprint density at radius 1 is 0.810 bits per heavy atom. The van der Waals surface area contributed by atoms with Crippen molar-refractivity contribution >= 4 is 34.5 Å². The van der Waals surface area contributed by atoms with Crippen LogP contribution in [0.25, 0.3) is 0 Å². The monoisotopic (exact) mass is 368 g/mol. The van der Waals surface area contributed by atoms with Crippen molar-refractivity contribution in [3.63, 3.8) is 0 Å². The van der Waals surface area contributed by atoms with Crippen LogP contribution in [0.3, 0.4) is 0 Å². The van der Waals surface area contributed by atoms with Gasteiger partial charge in [0.25, 0.3) is 0 Å². The lowest BCUT2D eigenvalue weighted by atomic mass is 10.5. The highest BCUT2D eigenvalue weighted by molar-refractivity contribution is 6.85. The van der Waals surface area contributed by atoms with Crippen LogP contribution in [0.15, 0.2) is 0 Å². The minimum atomic E-state index is -2.09. The Balaban J connectivity index is 4.57. The summed E-state index contributed by atoms with van der Waals surface area (Å²) in [7, 11) is -6.91. The fourth-order valence-corrected chi connectivity index (χ4v) is 16.4. The van der Waals surface area contributed by atoms with Crippen LogP contribution >= 0.6 is 0 Å². The molecule has 1 unspecified atom stereocenters. The van der Waals surface area contributed by atoms with E-state index in [2.05, 4.69) is 52.4 Å². The van der Waals surface area contributed by atoms with Crippen molar-refractivity contribution in [2.45, 2.75) is 71.8 Å². The standard InChI is InChI=1S/C13H36O4Si4/c1-10-14-12-11-13-18(15-19(2,3)4)16-21(8,9)17-20(5,6)7/h18H,10-13H2,1-9H3. The summed E-state index contributed by atoms with van der Waals surface area (Å²) in [5.74, 6) is 0. The number of hydrogen-bond donors (Lipinski definition) is 0. The highest BCUT2D eigenvalue weighted by Crippen LogP contribution is 2.20. The Hall–Kier alpha value is 0.708. The van der Waals surface area contributed by atoms with E-state index in [1.54, 1.807) is 0 Å². The summed E-state index contributed by atoms with van der Waals surface area (Å²) in [6, 6.07) is 1.01. The highest BCUT2D eigenvalue weighted by atomic mass is 28.5. The molecule has 0 aromatic heterocycles. The van der Waals surface area contributed by atoms with Gasteiger partial charge in [-0.1, -0.05) is 0 Å². The third kappa shape index (κ3) is 14.1. The van der Waals surface area contributed by atoms with E-state index in [0.29, 0.717) is 0 Å². The fourth-order valence-electron chi connectivity index (χ4n) is 2.11. The van der Waals surface area contributed by atoms with Crippen molar-refractivity contribution in [1.82, 2.24) is 0 Å². The summed E-state index contributed by atoms with van der Waals surface area (Å²) >= 11 is 0. The van der Waals surface area contributed by atoms with Crippen molar-refractivity contribution in [3.8, 4) is 0 Å². The molecule has 0 rings (SSSR count). The normalized spacial score (nSPS) is 15.3. The topological polar surface area (TPSA) is 36.9 Å². The van der Waals surface area contributed by atoms with E-state index in [9.17, 15) is 0 Å². The van der Waals surface area contributed by atoms with Crippen LogP contribution in [-0.2, 0) is 17.1 Å². The molecule has 0 radical (unpaired) electrons. The lowest BCUT2D eigenvalue weighted by Crippen LogP contribution is -2.50. The summed E-state index contributed by atoms with van der Waals surface area (Å²) in [4.78, 5) is 0. The third-order valence-electron chi connectivity index (χ3n) is 2.38. The van der Waals surface area contributed by atoms with Crippen LogP contribution in [0, 0.1) is 0 Å². The molecule has 8 heteroatoms. The Morgan fingerprint density at radius 2 is 1.38 bits per heavy atom. The molecule has 0 bridgehead atoms. The summed E-state index contributed by atoms with van der Waals surface area (Å²) in [6.07, 6.45) is 1.02. The second-order valence-corrected chi connectivity index (χ2v) is 23.1. The van der Waals surface area contributed by atoms with Gasteiger partial charge in [-0.15, -0.1) is 0 Å². The van der Waals surface area contributed by atoms with Crippen molar-refractivity contribution in [1.29, 1.82) is 0 Å². The molecule has 0 aliphatic heterocycles. The lowest BCUT2D eigenvalue weighted by molar-refractivity contribution is 0.147. The van der Waals surface area contributed by atoms with Crippen LogP contribution in [0.2, 0.25) is 58.4 Å². The summed E-state index contributed by atoms with van der Waals surface area (Å²) in [5, 5.41) is 0. The van der Waals surface area contributed by atoms with E-state index in [1.807, 2.05) is 6.92 Å². The maximum atomic E-state index is 6.42. The highest BCUT2D eigenvalue weighted by Gasteiger charge is 2.36. The number of rotatable bonds is 11. The number of hydrogen-bond acceptors (Lipinski definition) is 4. The van der Waals surface area contributed by atoms with Gasteiger partial charge in [0.05, 0.1) is 0 Å². The maximum absolute atomic E-state index is 6.42. The molecule has 4 nitrogen and oxygen atoms in total. The van der Waals surface area contributed by atoms with Gasteiger partial charge in [-0.25, -0.2) is 0 Å². The zero-order valence-electron chi connectivity index (χ0n) is 15.5. The van der Waals surface area contributed by atoms with Crippen LogP contribution < -0.4 is 0 Å². The predicted octanol–water partition coefficient (Wildman–Crippen LogP) is 4.05. The molecule has 128 valence electrons. The van der Waals surface area contributed by atoms with Crippen LogP contribution in [0.4, 0.5) is 0 Å². The largest absolute Gasteiger partial charge is 0.439 e. The van der Waals surface area contributed by atoms with Crippen LogP contribution in [-0.4, -0.2) is 47.7 Å².